The topological polar surface area (TPSA) is 90.0 Å². The highest BCUT2D eigenvalue weighted by Gasteiger charge is 2.15. The Hall–Kier alpha value is -3.41. The van der Waals surface area contributed by atoms with Gasteiger partial charge >= 0.3 is 0 Å². The Morgan fingerprint density at radius 1 is 1.12 bits per heavy atom. The largest absolute Gasteiger partial charge is 0.366 e. The fourth-order valence-corrected chi connectivity index (χ4v) is 2.57. The molecule has 0 aliphatic carbocycles. The van der Waals surface area contributed by atoms with E-state index in [4.69, 9.17) is 5.73 Å². The van der Waals surface area contributed by atoms with Gasteiger partial charge in [-0.3, -0.25) is 9.59 Å². The van der Waals surface area contributed by atoms with E-state index in [1.807, 2.05) is 43.3 Å². The molecule has 126 valence electrons. The lowest BCUT2D eigenvalue weighted by Crippen LogP contribution is -2.23. The number of amides is 2. The molecule has 0 spiro atoms. The number of para-hydroxylation sites is 1. The molecule has 3 rings (SSSR count). The van der Waals surface area contributed by atoms with Gasteiger partial charge < -0.3 is 11.1 Å². The molecule has 1 aromatic heterocycles. The molecule has 0 atom stereocenters. The lowest BCUT2D eigenvalue weighted by molar-refractivity contribution is 0.0949. The minimum absolute atomic E-state index is 0.218. The molecule has 6 heteroatoms. The predicted octanol–water partition coefficient (Wildman–Crippen LogP) is 2.21. The van der Waals surface area contributed by atoms with E-state index in [0.29, 0.717) is 17.7 Å². The van der Waals surface area contributed by atoms with Crippen LogP contribution in [0.25, 0.3) is 5.69 Å². The molecule has 3 aromatic rings. The SMILES string of the molecule is Cc1c(C(=O)NCc2cccc(C(N)=O)c2)cnn1-c1ccccc1. The van der Waals surface area contributed by atoms with Crippen molar-refractivity contribution in [1.29, 1.82) is 0 Å². The van der Waals surface area contributed by atoms with E-state index in [9.17, 15) is 9.59 Å². The third kappa shape index (κ3) is 3.58. The van der Waals surface area contributed by atoms with E-state index in [1.165, 1.54) is 0 Å². The van der Waals surface area contributed by atoms with Crippen LogP contribution in [0.3, 0.4) is 0 Å². The predicted molar refractivity (Wildman–Crippen MR) is 94.4 cm³/mol. The van der Waals surface area contributed by atoms with Crippen LogP contribution in [0.1, 0.15) is 32.0 Å². The first kappa shape index (κ1) is 16.4. The first-order valence-corrected chi connectivity index (χ1v) is 7.83. The number of hydrogen-bond donors (Lipinski definition) is 2. The van der Waals surface area contributed by atoms with Gasteiger partial charge in [0.25, 0.3) is 5.91 Å². The number of carbonyl (C=O) groups excluding carboxylic acids is 2. The first-order chi connectivity index (χ1) is 12.1. The van der Waals surface area contributed by atoms with Gasteiger partial charge in [-0.25, -0.2) is 4.68 Å². The normalized spacial score (nSPS) is 10.4. The average molecular weight is 334 g/mol. The van der Waals surface area contributed by atoms with Crippen LogP contribution in [-0.2, 0) is 6.54 Å². The van der Waals surface area contributed by atoms with Crippen molar-refractivity contribution < 1.29 is 9.59 Å². The highest BCUT2D eigenvalue weighted by atomic mass is 16.2. The van der Waals surface area contributed by atoms with Crippen molar-refractivity contribution in [2.45, 2.75) is 13.5 Å². The quantitative estimate of drug-likeness (QED) is 0.749. The minimum Gasteiger partial charge on any atom is -0.366 e. The summed E-state index contributed by atoms with van der Waals surface area (Å²) < 4.78 is 1.72. The van der Waals surface area contributed by atoms with E-state index < -0.39 is 5.91 Å². The number of carbonyl (C=O) groups is 2. The molecule has 0 radical (unpaired) electrons. The van der Waals surface area contributed by atoms with Crippen molar-refractivity contribution in [1.82, 2.24) is 15.1 Å². The molecule has 0 aliphatic rings. The van der Waals surface area contributed by atoms with Crippen LogP contribution in [0.4, 0.5) is 0 Å². The van der Waals surface area contributed by atoms with Crippen molar-refractivity contribution in [2.75, 3.05) is 0 Å². The molecule has 2 amide bonds. The van der Waals surface area contributed by atoms with Gasteiger partial charge in [0.2, 0.25) is 5.91 Å². The molecule has 0 unspecified atom stereocenters. The molecule has 0 fully saturated rings. The van der Waals surface area contributed by atoms with E-state index in [-0.39, 0.29) is 5.91 Å². The van der Waals surface area contributed by atoms with E-state index in [0.717, 1.165) is 16.9 Å². The molecule has 1 heterocycles. The number of nitrogens with one attached hydrogen (secondary N) is 1. The summed E-state index contributed by atoms with van der Waals surface area (Å²) in [5, 5.41) is 7.14. The summed E-state index contributed by atoms with van der Waals surface area (Å²) >= 11 is 0. The molecular weight excluding hydrogens is 316 g/mol. The molecule has 0 saturated heterocycles. The van der Waals surface area contributed by atoms with Gasteiger partial charge in [0.15, 0.2) is 0 Å². The van der Waals surface area contributed by atoms with Crippen LogP contribution < -0.4 is 11.1 Å². The Morgan fingerprint density at radius 3 is 2.60 bits per heavy atom. The van der Waals surface area contributed by atoms with Crippen molar-refractivity contribution >= 4 is 11.8 Å². The zero-order valence-electron chi connectivity index (χ0n) is 13.8. The third-order valence-electron chi connectivity index (χ3n) is 3.92. The molecule has 0 aliphatic heterocycles. The first-order valence-electron chi connectivity index (χ1n) is 7.83. The van der Waals surface area contributed by atoms with Crippen LogP contribution in [0.15, 0.2) is 60.8 Å². The van der Waals surface area contributed by atoms with Crippen LogP contribution in [0.2, 0.25) is 0 Å². The van der Waals surface area contributed by atoms with Crippen molar-refractivity contribution in [3.05, 3.63) is 83.2 Å². The molecule has 0 bridgehead atoms. The Balaban J connectivity index is 1.73. The van der Waals surface area contributed by atoms with Crippen molar-refractivity contribution in [3.8, 4) is 5.69 Å². The molecule has 0 saturated carbocycles. The third-order valence-corrected chi connectivity index (χ3v) is 3.92. The Kier molecular flexibility index (Phi) is 4.61. The number of rotatable bonds is 5. The number of hydrogen-bond acceptors (Lipinski definition) is 3. The maximum atomic E-state index is 12.4. The number of benzene rings is 2. The smallest absolute Gasteiger partial charge is 0.255 e. The second kappa shape index (κ2) is 7.00. The standard InChI is InChI=1S/C19H18N4O2/c1-13-17(12-22-23(13)16-8-3-2-4-9-16)19(25)21-11-14-6-5-7-15(10-14)18(20)24/h2-10,12H,11H2,1H3,(H2,20,24)(H,21,25). The van der Waals surface area contributed by atoms with E-state index in [1.54, 1.807) is 29.1 Å². The lowest BCUT2D eigenvalue weighted by Gasteiger charge is -2.07. The van der Waals surface area contributed by atoms with Crippen LogP contribution >= 0.6 is 0 Å². The minimum atomic E-state index is -0.492. The van der Waals surface area contributed by atoms with Crippen LogP contribution in [0, 0.1) is 6.92 Å². The molecule has 6 nitrogen and oxygen atoms in total. The average Bonchev–Trinajstić information content (AvgIpc) is 3.02. The lowest BCUT2D eigenvalue weighted by atomic mass is 10.1. The summed E-state index contributed by atoms with van der Waals surface area (Å²) in [5.74, 6) is -0.711. The summed E-state index contributed by atoms with van der Waals surface area (Å²) in [7, 11) is 0. The van der Waals surface area contributed by atoms with Gasteiger partial charge in [-0.15, -0.1) is 0 Å². The fourth-order valence-electron chi connectivity index (χ4n) is 2.57. The van der Waals surface area contributed by atoms with Crippen molar-refractivity contribution in [3.63, 3.8) is 0 Å². The molecule has 2 aromatic carbocycles. The van der Waals surface area contributed by atoms with Gasteiger partial charge in [-0.1, -0.05) is 30.3 Å². The molecular formula is C19H18N4O2. The summed E-state index contributed by atoms with van der Waals surface area (Å²) in [6.07, 6.45) is 1.55. The number of nitrogens with zero attached hydrogens (tertiary/aromatic N) is 2. The Bertz CT molecular complexity index is 916. The van der Waals surface area contributed by atoms with E-state index in [2.05, 4.69) is 10.4 Å². The number of aromatic nitrogens is 2. The Labute approximate surface area is 145 Å². The van der Waals surface area contributed by atoms with Gasteiger partial charge in [-0.05, 0) is 36.8 Å². The van der Waals surface area contributed by atoms with Crippen LogP contribution in [0.5, 0.6) is 0 Å². The highest BCUT2D eigenvalue weighted by molar-refractivity contribution is 5.95. The summed E-state index contributed by atoms with van der Waals surface area (Å²) in [4.78, 5) is 23.7. The number of primary amides is 1. The van der Waals surface area contributed by atoms with Gasteiger partial charge in [-0.2, -0.15) is 5.10 Å². The second-order valence-corrected chi connectivity index (χ2v) is 5.64. The maximum Gasteiger partial charge on any atom is 0.255 e. The summed E-state index contributed by atoms with van der Waals surface area (Å²) in [6, 6.07) is 16.5. The summed E-state index contributed by atoms with van der Waals surface area (Å²) in [6.45, 7) is 2.15. The van der Waals surface area contributed by atoms with Gasteiger partial charge in [0.1, 0.15) is 0 Å². The van der Waals surface area contributed by atoms with E-state index >= 15 is 0 Å². The van der Waals surface area contributed by atoms with Gasteiger partial charge in [0.05, 0.1) is 23.1 Å². The second-order valence-electron chi connectivity index (χ2n) is 5.64. The Morgan fingerprint density at radius 2 is 1.88 bits per heavy atom. The fraction of sp³-hybridized carbons (Fsp3) is 0.105. The van der Waals surface area contributed by atoms with Crippen molar-refractivity contribution in [2.24, 2.45) is 5.73 Å². The monoisotopic (exact) mass is 334 g/mol. The van der Waals surface area contributed by atoms with Gasteiger partial charge in [0, 0.05) is 12.1 Å². The molecule has 25 heavy (non-hydrogen) atoms. The summed E-state index contributed by atoms with van der Waals surface area (Å²) in [5.41, 5.74) is 8.65. The zero-order chi connectivity index (χ0) is 17.8. The highest BCUT2D eigenvalue weighted by Crippen LogP contribution is 2.14. The zero-order valence-corrected chi connectivity index (χ0v) is 13.8. The maximum absolute atomic E-state index is 12.4. The molecule has 3 N–H and O–H groups in total. The van der Waals surface area contributed by atoms with Crippen LogP contribution in [-0.4, -0.2) is 21.6 Å². The number of nitrogens with two attached hydrogens (primary N) is 1.